The first-order valence-electron chi connectivity index (χ1n) is 6.84. The van der Waals surface area contributed by atoms with Gasteiger partial charge in [0.1, 0.15) is 4.90 Å². The molecule has 0 aromatic heterocycles. The molecule has 5 nitrogen and oxygen atoms in total. The lowest BCUT2D eigenvalue weighted by atomic mass is 10.1. The van der Waals surface area contributed by atoms with Crippen LogP contribution in [0, 0.1) is 19.8 Å². The molecule has 1 saturated carbocycles. The van der Waals surface area contributed by atoms with Crippen LogP contribution in [0.3, 0.4) is 0 Å². The molecule has 0 bridgehead atoms. The predicted octanol–water partition coefficient (Wildman–Crippen LogP) is 1.32. The summed E-state index contributed by atoms with van der Waals surface area (Å²) < 4.78 is 27.4. The number of aliphatic hydroxyl groups is 1. The Labute approximate surface area is 120 Å². The van der Waals surface area contributed by atoms with E-state index < -0.39 is 10.0 Å². The third-order valence-electron chi connectivity index (χ3n) is 4.05. The van der Waals surface area contributed by atoms with Gasteiger partial charge in [0.15, 0.2) is 0 Å². The van der Waals surface area contributed by atoms with Crippen molar-refractivity contribution in [3.63, 3.8) is 0 Å². The van der Waals surface area contributed by atoms with Crippen LogP contribution in [0.4, 0.5) is 5.69 Å². The Morgan fingerprint density at radius 2 is 2.05 bits per heavy atom. The van der Waals surface area contributed by atoms with Crippen LogP contribution in [0.2, 0.25) is 0 Å². The molecule has 2 unspecified atom stereocenters. The van der Waals surface area contributed by atoms with Gasteiger partial charge in [-0.05, 0) is 56.2 Å². The maximum atomic E-state index is 12.4. The number of anilines is 1. The number of nitrogen functional groups attached to an aromatic ring is 1. The van der Waals surface area contributed by atoms with Gasteiger partial charge >= 0.3 is 0 Å². The number of benzene rings is 1. The quantitative estimate of drug-likeness (QED) is 0.731. The first-order chi connectivity index (χ1) is 9.31. The van der Waals surface area contributed by atoms with Gasteiger partial charge in [0.2, 0.25) is 10.0 Å². The van der Waals surface area contributed by atoms with E-state index in [9.17, 15) is 13.5 Å². The molecule has 1 aliphatic carbocycles. The Morgan fingerprint density at radius 3 is 2.65 bits per heavy atom. The summed E-state index contributed by atoms with van der Waals surface area (Å²) in [6.07, 6.45) is 1.96. The van der Waals surface area contributed by atoms with Crippen molar-refractivity contribution in [1.29, 1.82) is 0 Å². The largest absolute Gasteiger partial charge is 0.398 e. The van der Waals surface area contributed by atoms with Crippen molar-refractivity contribution < 1.29 is 13.5 Å². The number of nitrogens with one attached hydrogen (secondary N) is 1. The molecule has 6 heteroatoms. The number of sulfonamides is 1. The first-order valence-corrected chi connectivity index (χ1v) is 8.33. The smallest absolute Gasteiger partial charge is 0.242 e. The highest BCUT2D eigenvalue weighted by Gasteiger charge is 2.26. The summed E-state index contributed by atoms with van der Waals surface area (Å²) in [6, 6.07) is 3.44. The van der Waals surface area contributed by atoms with Gasteiger partial charge in [0, 0.05) is 6.54 Å². The first kappa shape index (κ1) is 15.3. The Hall–Kier alpha value is -1.11. The molecule has 0 aliphatic heterocycles. The normalized spacial score (nSPS) is 23.1. The highest BCUT2D eigenvalue weighted by atomic mass is 32.2. The third kappa shape index (κ3) is 3.13. The maximum Gasteiger partial charge on any atom is 0.242 e. The summed E-state index contributed by atoms with van der Waals surface area (Å²) in [5, 5.41) is 9.47. The molecule has 1 aromatic rings. The second-order valence-electron chi connectivity index (χ2n) is 5.61. The second-order valence-corrected chi connectivity index (χ2v) is 7.31. The van der Waals surface area contributed by atoms with E-state index in [0.717, 1.165) is 18.4 Å². The molecule has 4 N–H and O–H groups in total. The number of hydrogen-bond donors (Lipinski definition) is 3. The van der Waals surface area contributed by atoms with Gasteiger partial charge in [-0.2, -0.15) is 0 Å². The van der Waals surface area contributed by atoms with Crippen LogP contribution in [-0.2, 0) is 10.0 Å². The van der Waals surface area contributed by atoms with Crippen LogP contribution in [0.1, 0.15) is 30.4 Å². The topological polar surface area (TPSA) is 92.4 Å². The Balaban J connectivity index is 2.17. The van der Waals surface area contributed by atoms with Crippen LogP contribution in [0.15, 0.2) is 17.0 Å². The van der Waals surface area contributed by atoms with E-state index in [1.165, 1.54) is 0 Å². The Morgan fingerprint density at radius 1 is 1.35 bits per heavy atom. The van der Waals surface area contributed by atoms with Gasteiger partial charge in [-0.1, -0.05) is 6.07 Å². The van der Waals surface area contributed by atoms with Crippen LogP contribution < -0.4 is 10.5 Å². The molecule has 2 rings (SSSR count). The summed E-state index contributed by atoms with van der Waals surface area (Å²) in [5.41, 5.74) is 7.68. The monoisotopic (exact) mass is 298 g/mol. The Kier molecular flexibility index (Phi) is 4.36. The minimum absolute atomic E-state index is 0.177. The van der Waals surface area contributed by atoms with Gasteiger partial charge in [-0.25, -0.2) is 13.1 Å². The molecule has 112 valence electrons. The van der Waals surface area contributed by atoms with E-state index in [-0.39, 0.29) is 22.6 Å². The lowest BCUT2D eigenvalue weighted by Gasteiger charge is -2.15. The average Bonchev–Trinajstić information content (AvgIpc) is 2.78. The van der Waals surface area contributed by atoms with Crippen molar-refractivity contribution in [1.82, 2.24) is 4.72 Å². The zero-order valence-electron chi connectivity index (χ0n) is 11.9. The van der Waals surface area contributed by atoms with E-state index in [2.05, 4.69) is 4.72 Å². The molecule has 1 fully saturated rings. The minimum atomic E-state index is -3.61. The summed E-state index contributed by atoms with van der Waals surface area (Å²) in [5.74, 6) is 0.200. The molecule has 1 aromatic carbocycles. The highest BCUT2D eigenvalue weighted by molar-refractivity contribution is 7.89. The van der Waals surface area contributed by atoms with Gasteiger partial charge in [0.05, 0.1) is 11.8 Å². The van der Waals surface area contributed by atoms with Gasteiger partial charge in [-0.15, -0.1) is 0 Å². The Bertz CT molecular complexity index is 599. The lowest BCUT2D eigenvalue weighted by molar-refractivity contribution is 0.178. The zero-order chi connectivity index (χ0) is 14.9. The predicted molar refractivity (Wildman–Crippen MR) is 78.9 cm³/mol. The van der Waals surface area contributed by atoms with E-state index in [1.807, 2.05) is 13.0 Å². The van der Waals surface area contributed by atoms with Crippen LogP contribution in [-0.4, -0.2) is 26.2 Å². The van der Waals surface area contributed by atoms with Gasteiger partial charge < -0.3 is 10.8 Å². The van der Waals surface area contributed by atoms with E-state index in [0.29, 0.717) is 18.5 Å². The van der Waals surface area contributed by atoms with Crippen molar-refractivity contribution in [3.05, 3.63) is 23.3 Å². The van der Waals surface area contributed by atoms with Crippen molar-refractivity contribution >= 4 is 15.7 Å². The molecule has 2 atom stereocenters. The molecule has 0 saturated heterocycles. The lowest BCUT2D eigenvalue weighted by Crippen LogP contribution is -2.30. The van der Waals surface area contributed by atoms with Crippen molar-refractivity contribution in [2.45, 2.75) is 44.1 Å². The molecular weight excluding hydrogens is 276 g/mol. The number of aliphatic hydroxyl groups excluding tert-OH is 1. The highest BCUT2D eigenvalue weighted by Crippen LogP contribution is 2.27. The van der Waals surface area contributed by atoms with Gasteiger partial charge in [-0.3, -0.25) is 0 Å². The molecule has 0 radical (unpaired) electrons. The second kappa shape index (κ2) is 5.71. The van der Waals surface area contributed by atoms with Crippen LogP contribution >= 0.6 is 0 Å². The molecule has 0 amide bonds. The SMILES string of the molecule is Cc1ccc(N)c(S(=O)(=O)NCC2CCC(O)C2)c1C. The summed E-state index contributed by atoms with van der Waals surface area (Å²) in [4.78, 5) is 0.177. The maximum absolute atomic E-state index is 12.4. The fraction of sp³-hybridized carbons (Fsp3) is 0.571. The molecule has 0 spiro atoms. The molecule has 0 heterocycles. The van der Waals surface area contributed by atoms with Crippen LogP contribution in [0.25, 0.3) is 0 Å². The number of nitrogens with two attached hydrogens (primary N) is 1. The molecule has 1 aliphatic rings. The van der Waals surface area contributed by atoms with Crippen LogP contribution in [0.5, 0.6) is 0 Å². The summed E-state index contributed by atoms with van der Waals surface area (Å²) in [7, 11) is -3.61. The van der Waals surface area contributed by atoms with Crippen molar-refractivity contribution in [2.24, 2.45) is 5.92 Å². The van der Waals surface area contributed by atoms with E-state index in [4.69, 9.17) is 5.73 Å². The number of hydrogen-bond acceptors (Lipinski definition) is 4. The third-order valence-corrected chi connectivity index (χ3v) is 5.68. The van der Waals surface area contributed by atoms with Crippen molar-refractivity contribution in [3.8, 4) is 0 Å². The van der Waals surface area contributed by atoms with Crippen molar-refractivity contribution in [2.75, 3.05) is 12.3 Å². The molecule has 20 heavy (non-hydrogen) atoms. The number of aryl methyl sites for hydroxylation is 1. The number of rotatable bonds is 4. The van der Waals surface area contributed by atoms with E-state index in [1.54, 1.807) is 13.0 Å². The summed E-state index contributed by atoms with van der Waals surface area (Å²) >= 11 is 0. The standard InChI is InChI=1S/C14H22N2O3S/c1-9-3-6-13(15)14(10(9)2)20(18,19)16-8-11-4-5-12(17)7-11/h3,6,11-12,16-17H,4-5,7-8,15H2,1-2H3. The molecular formula is C14H22N2O3S. The zero-order valence-corrected chi connectivity index (χ0v) is 12.7. The summed E-state index contributed by atoms with van der Waals surface area (Å²) in [6.45, 7) is 3.98. The minimum Gasteiger partial charge on any atom is -0.398 e. The fourth-order valence-electron chi connectivity index (χ4n) is 2.70. The van der Waals surface area contributed by atoms with Gasteiger partial charge in [0.25, 0.3) is 0 Å². The van der Waals surface area contributed by atoms with E-state index >= 15 is 0 Å². The fourth-order valence-corrected chi connectivity index (χ4v) is 4.24. The average molecular weight is 298 g/mol.